The van der Waals surface area contributed by atoms with Crippen LogP contribution in [0.5, 0.6) is 0 Å². The molecule has 0 bridgehead atoms. The average molecular weight is 408 g/mol. The SMILES string of the molecule is CSc1ncc(C(=O)NCc2nc(-c3ccncc3)cs2)n1-c1ccccc1. The van der Waals surface area contributed by atoms with E-state index in [2.05, 4.69) is 20.3 Å². The van der Waals surface area contributed by atoms with Crippen molar-refractivity contribution in [2.75, 3.05) is 6.26 Å². The number of carbonyl (C=O) groups is 1. The van der Waals surface area contributed by atoms with Gasteiger partial charge < -0.3 is 5.32 Å². The van der Waals surface area contributed by atoms with Gasteiger partial charge in [-0.1, -0.05) is 30.0 Å². The number of benzene rings is 1. The van der Waals surface area contributed by atoms with Gasteiger partial charge in [-0.05, 0) is 30.5 Å². The van der Waals surface area contributed by atoms with Gasteiger partial charge in [0.1, 0.15) is 10.7 Å². The van der Waals surface area contributed by atoms with Crippen molar-refractivity contribution in [1.82, 2.24) is 24.8 Å². The summed E-state index contributed by atoms with van der Waals surface area (Å²) in [6.07, 6.45) is 7.03. The number of hydrogen-bond donors (Lipinski definition) is 1. The molecule has 0 aliphatic carbocycles. The number of imidazole rings is 1. The van der Waals surface area contributed by atoms with Crippen LogP contribution in [0.2, 0.25) is 0 Å². The van der Waals surface area contributed by atoms with E-state index in [1.165, 1.54) is 23.1 Å². The van der Waals surface area contributed by atoms with Crippen molar-refractivity contribution in [3.8, 4) is 16.9 Å². The van der Waals surface area contributed by atoms with Crippen molar-refractivity contribution < 1.29 is 4.79 Å². The number of rotatable bonds is 6. The zero-order valence-corrected chi connectivity index (χ0v) is 16.7. The van der Waals surface area contributed by atoms with E-state index in [0.717, 1.165) is 27.1 Å². The van der Waals surface area contributed by atoms with Crippen LogP contribution in [-0.2, 0) is 6.54 Å². The summed E-state index contributed by atoms with van der Waals surface area (Å²) in [5.74, 6) is -0.183. The Labute approximate surface area is 170 Å². The number of aromatic nitrogens is 4. The molecule has 4 rings (SSSR count). The molecule has 0 spiro atoms. The Morgan fingerprint density at radius 1 is 1.18 bits per heavy atom. The number of carbonyl (C=O) groups excluding carboxylic acids is 1. The van der Waals surface area contributed by atoms with Gasteiger partial charge in [-0.25, -0.2) is 9.97 Å². The van der Waals surface area contributed by atoms with Crippen LogP contribution in [0, 0.1) is 0 Å². The van der Waals surface area contributed by atoms with E-state index >= 15 is 0 Å². The van der Waals surface area contributed by atoms with Gasteiger partial charge in [0.05, 0.1) is 18.4 Å². The van der Waals surface area contributed by atoms with Crippen LogP contribution in [-0.4, -0.2) is 31.7 Å². The van der Waals surface area contributed by atoms with Crippen LogP contribution in [0.4, 0.5) is 0 Å². The van der Waals surface area contributed by atoms with E-state index in [9.17, 15) is 4.79 Å². The van der Waals surface area contributed by atoms with Crippen molar-refractivity contribution in [3.63, 3.8) is 0 Å². The van der Waals surface area contributed by atoms with Gasteiger partial charge in [0, 0.05) is 29.0 Å². The molecule has 3 heterocycles. The van der Waals surface area contributed by atoms with Crippen molar-refractivity contribution in [1.29, 1.82) is 0 Å². The first-order valence-corrected chi connectivity index (χ1v) is 10.7. The number of thioether (sulfide) groups is 1. The van der Waals surface area contributed by atoms with Crippen LogP contribution in [0.25, 0.3) is 16.9 Å². The molecular formula is C20H17N5OS2. The van der Waals surface area contributed by atoms with Crippen molar-refractivity contribution in [2.24, 2.45) is 0 Å². The molecule has 0 atom stereocenters. The number of nitrogens with zero attached hydrogens (tertiary/aromatic N) is 4. The first kappa shape index (κ1) is 18.4. The summed E-state index contributed by atoms with van der Waals surface area (Å²) in [5, 5.41) is 6.55. The molecule has 0 saturated heterocycles. The monoisotopic (exact) mass is 407 g/mol. The Balaban J connectivity index is 1.51. The number of hydrogen-bond acceptors (Lipinski definition) is 6. The van der Waals surface area contributed by atoms with E-state index in [-0.39, 0.29) is 5.91 Å². The Morgan fingerprint density at radius 2 is 1.96 bits per heavy atom. The molecule has 1 amide bonds. The maximum atomic E-state index is 12.8. The van der Waals surface area contributed by atoms with Crippen LogP contribution in [0.15, 0.2) is 71.6 Å². The highest BCUT2D eigenvalue weighted by Gasteiger charge is 2.17. The van der Waals surface area contributed by atoms with Gasteiger partial charge >= 0.3 is 0 Å². The lowest BCUT2D eigenvalue weighted by Crippen LogP contribution is -2.25. The molecule has 1 N–H and O–H groups in total. The Hall–Kier alpha value is -2.97. The summed E-state index contributed by atoms with van der Waals surface area (Å²) in [5.41, 5.74) is 3.30. The van der Waals surface area contributed by atoms with Gasteiger partial charge in [-0.3, -0.25) is 14.3 Å². The third-order valence-electron chi connectivity index (χ3n) is 4.09. The zero-order chi connectivity index (χ0) is 19.3. The summed E-state index contributed by atoms with van der Waals surface area (Å²) in [7, 11) is 0. The lowest BCUT2D eigenvalue weighted by Gasteiger charge is -2.10. The average Bonchev–Trinajstić information content (AvgIpc) is 3.40. The van der Waals surface area contributed by atoms with Gasteiger partial charge in [-0.15, -0.1) is 11.3 Å². The molecule has 3 aromatic heterocycles. The van der Waals surface area contributed by atoms with Gasteiger partial charge in [-0.2, -0.15) is 0 Å². The van der Waals surface area contributed by atoms with Crippen LogP contribution in [0.1, 0.15) is 15.5 Å². The van der Waals surface area contributed by atoms with Gasteiger partial charge in [0.2, 0.25) is 0 Å². The summed E-state index contributed by atoms with van der Waals surface area (Å²) >= 11 is 3.02. The highest BCUT2D eigenvalue weighted by molar-refractivity contribution is 7.98. The van der Waals surface area contributed by atoms with Gasteiger partial charge in [0.15, 0.2) is 5.16 Å². The van der Waals surface area contributed by atoms with E-state index < -0.39 is 0 Å². The Morgan fingerprint density at radius 3 is 2.71 bits per heavy atom. The lowest BCUT2D eigenvalue weighted by molar-refractivity contribution is 0.0943. The molecule has 0 aliphatic heterocycles. The fourth-order valence-electron chi connectivity index (χ4n) is 2.76. The van der Waals surface area contributed by atoms with E-state index in [4.69, 9.17) is 0 Å². The number of nitrogens with one attached hydrogen (secondary N) is 1. The minimum absolute atomic E-state index is 0.183. The summed E-state index contributed by atoms with van der Waals surface area (Å²) in [6.45, 7) is 0.364. The standard InChI is InChI=1S/C20H17N5OS2/c1-27-20-23-11-17(25(20)15-5-3-2-4-6-15)19(26)22-12-18-24-16(13-28-18)14-7-9-21-10-8-14/h2-11,13H,12H2,1H3,(H,22,26). The second-order valence-corrected chi connectivity index (χ2v) is 7.56. The topological polar surface area (TPSA) is 72.7 Å². The van der Waals surface area contributed by atoms with E-state index in [0.29, 0.717) is 12.2 Å². The molecule has 140 valence electrons. The van der Waals surface area contributed by atoms with Crippen molar-refractivity contribution >= 4 is 29.0 Å². The second kappa shape index (κ2) is 8.37. The highest BCUT2D eigenvalue weighted by atomic mass is 32.2. The molecule has 0 fully saturated rings. The lowest BCUT2D eigenvalue weighted by atomic mass is 10.2. The van der Waals surface area contributed by atoms with Gasteiger partial charge in [0.25, 0.3) is 5.91 Å². The minimum Gasteiger partial charge on any atom is -0.344 e. The molecule has 0 saturated carbocycles. The smallest absolute Gasteiger partial charge is 0.270 e. The third kappa shape index (κ3) is 3.83. The molecule has 6 nitrogen and oxygen atoms in total. The summed E-state index contributed by atoms with van der Waals surface area (Å²) < 4.78 is 1.87. The number of amides is 1. The molecule has 4 aromatic rings. The largest absolute Gasteiger partial charge is 0.344 e. The quantitative estimate of drug-likeness (QED) is 0.488. The van der Waals surface area contributed by atoms with Crippen LogP contribution >= 0.6 is 23.1 Å². The second-order valence-electron chi connectivity index (χ2n) is 5.85. The van der Waals surface area contributed by atoms with Crippen molar-refractivity contribution in [3.05, 3.63) is 77.1 Å². The Bertz CT molecular complexity index is 1080. The van der Waals surface area contributed by atoms with Crippen LogP contribution in [0.3, 0.4) is 0 Å². The minimum atomic E-state index is -0.183. The summed E-state index contributed by atoms with van der Waals surface area (Å²) in [6, 6.07) is 13.6. The molecule has 8 heteroatoms. The van der Waals surface area contributed by atoms with E-state index in [1.54, 1.807) is 18.6 Å². The van der Waals surface area contributed by atoms with E-state index in [1.807, 2.05) is 58.7 Å². The molecule has 0 aliphatic rings. The number of thiazole rings is 1. The maximum absolute atomic E-state index is 12.8. The first-order valence-electron chi connectivity index (χ1n) is 8.56. The molecule has 0 unspecified atom stereocenters. The molecule has 28 heavy (non-hydrogen) atoms. The number of para-hydroxylation sites is 1. The fraction of sp³-hybridized carbons (Fsp3) is 0.100. The first-order chi connectivity index (χ1) is 13.8. The zero-order valence-electron chi connectivity index (χ0n) is 15.1. The van der Waals surface area contributed by atoms with Crippen molar-refractivity contribution in [2.45, 2.75) is 11.7 Å². The third-order valence-corrected chi connectivity index (χ3v) is 5.59. The van der Waals surface area contributed by atoms with Crippen LogP contribution < -0.4 is 5.32 Å². The number of pyridine rings is 1. The predicted molar refractivity (Wildman–Crippen MR) is 112 cm³/mol. The molecule has 0 radical (unpaired) electrons. The highest BCUT2D eigenvalue weighted by Crippen LogP contribution is 2.23. The maximum Gasteiger partial charge on any atom is 0.270 e. The predicted octanol–water partition coefficient (Wildman–Crippen LogP) is 4.04. The molecular weight excluding hydrogens is 390 g/mol. The molecule has 1 aromatic carbocycles. The normalized spacial score (nSPS) is 10.8. The Kier molecular flexibility index (Phi) is 5.50. The fourth-order valence-corrected chi connectivity index (χ4v) is 4.05. The summed E-state index contributed by atoms with van der Waals surface area (Å²) in [4.78, 5) is 25.8.